The van der Waals surface area contributed by atoms with Crippen LogP contribution >= 0.6 is 12.4 Å². The van der Waals surface area contributed by atoms with Crippen LogP contribution in [-0.4, -0.2) is 48.1 Å². The summed E-state index contributed by atoms with van der Waals surface area (Å²) in [4.78, 5) is 24.3. The number of hydrogen-bond donors (Lipinski definition) is 1. The van der Waals surface area contributed by atoms with Gasteiger partial charge in [-0.3, -0.25) is 14.9 Å². The average Bonchev–Trinajstić information content (AvgIpc) is 2.47. The van der Waals surface area contributed by atoms with Crippen molar-refractivity contribution in [2.45, 2.75) is 12.5 Å². The van der Waals surface area contributed by atoms with Crippen LogP contribution in [0.5, 0.6) is 0 Å². The van der Waals surface area contributed by atoms with Crippen molar-refractivity contribution in [1.82, 2.24) is 4.90 Å². The molecule has 0 bridgehead atoms. The SMILES string of the molecule is Cl.NCC1CN(C(=O)Cc2ccccc2[N+](=O)[O-])CCO1. The van der Waals surface area contributed by atoms with E-state index in [0.29, 0.717) is 31.8 Å². The number of hydrogen-bond acceptors (Lipinski definition) is 5. The first-order chi connectivity index (χ1) is 9.61. The second-order valence-corrected chi connectivity index (χ2v) is 4.63. The number of ether oxygens (including phenoxy) is 1. The molecule has 116 valence electrons. The van der Waals surface area contributed by atoms with Crippen LogP contribution in [0.15, 0.2) is 24.3 Å². The maximum absolute atomic E-state index is 12.2. The fraction of sp³-hybridized carbons (Fsp3) is 0.462. The molecule has 1 amide bonds. The molecule has 0 radical (unpaired) electrons. The molecule has 7 nitrogen and oxygen atoms in total. The molecule has 2 rings (SSSR count). The molecule has 1 unspecified atom stereocenters. The molecule has 1 fully saturated rings. The lowest BCUT2D eigenvalue weighted by Gasteiger charge is -2.32. The van der Waals surface area contributed by atoms with E-state index in [4.69, 9.17) is 10.5 Å². The van der Waals surface area contributed by atoms with Gasteiger partial charge in [0.05, 0.1) is 24.1 Å². The van der Waals surface area contributed by atoms with Gasteiger partial charge in [0.1, 0.15) is 0 Å². The van der Waals surface area contributed by atoms with Gasteiger partial charge in [0.15, 0.2) is 0 Å². The number of carbonyl (C=O) groups is 1. The summed E-state index contributed by atoms with van der Waals surface area (Å²) in [7, 11) is 0. The molecule has 1 aliphatic heterocycles. The Bertz CT molecular complexity index is 512. The summed E-state index contributed by atoms with van der Waals surface area (Å²) in [5, 5.41) is 10.9. The van der Waals surface area contributed by atoms with E-state index in [1.54, 1.807) is 23.1 Å². The molecule has 1 aromatic rings. The summed E-state index contributed by atoms with van der Waals surface area (Å²) >= 11 is 0. The third-order valence-corrected chi connectivity index (χ3v) is 3.28. The maximum Gasteiger partial charge on any atom is 0.273 e. The van der Waals surface area contributed by atoms with Crippen molar-refractivity contribution in [2.75, 3.05) is 26.2 Å². The fourth-order valence-corrected chi connectivity index (χ4v) is 2.20. The van der Waals surface area contributed by atoms with Gasteiger partial charge >= 0.3 is 0 Å². The molecule has 0 spiro atoms. The predicted molar refractivity (Wildman–Crippen MR) is 79.4 cm³/mol. The molecule has 2 N–H and O–H groups in total. The minimum absolute atomic E-state index is 0. The van der Waals surface area contributed by atoms with Gasteiger partial charge in [0.2, 0.25) is 5.91 Å². The summed E-state index contributed by atoms with van der Waals surface area (Å²) in [6.07, 6.45) is -0.132. The van der Waals surface area contributed by atoms with Gasteiger partial charge in [-0.15, -0.1) is 12.4 Å². The van der Waals surface area contributed by atoms with Crippen LogP contribution in [-0.2, 0) is 16.0 Å². The molecule has 0 saturated carbocycles. The van der Waals surface area contributed by atoms with Crippen LogP contribution in [0.25, 0.3) is 0 Å². The number of nitro groups is 1. The number of nitro benzene ring substituents is 1. The monoisotopic (exact) mass is 315 g/mol. The number of rotatable bonds is 4. The van der Waals surface area contributed by atoms with E-state index in [9.17, 15) is 14.9 Å². The highest BCUT2D eigenvalue weighted by Gasteiger charge is 2.25. The molecular weight excluding hydrogens is 298 g/mol. The molecular formula is C13H18ClN3O4. The first-order valence-corrected chi connectivity index (χ1v) is 6.43. The number of halogens is 1. The molecule has 1 aliphatic rings. The van der Waals surface area contributed by atoms with E-state index in [1.165, 1.54) is 6.07 Å². The lowest BCUT2D eigenvalue weighted by atomic mass is 10.1. The zero-order chi connectivity index (χ0) is 14.5. The van der Waals surface area contributed by atoms with E-state index in [0.717, 1.165) is 0 Å². The van der Waals surface area contributed by atoms with E-state index in [2.05, 4.69) is 0 Å². The van der Waals surface area contributed by atoms with Gasteiger partial charge in [0, 0.05) is 31.3 Å². The third kappa shape index (κ3) is 4.38. The van der Waals surface area contributed by atoms with Gasteiger partial charge in [-0.25, -0.2) is 0 Å². The number of nitrogens with two attached hydrogens (primary N) is 1. The van der Waals surface area contributed by atoms with E-state index in [-0.39, 0.29) is 36.5 Å². The van der Waals surface area contributed by atoms with Crippen LogP contribution in [0.3, 0.4) is 0 Å². The van der Waals surface area contributed by atoms with Crippen LogP contribution in [0.2, 0.25) is 0 Å². The van der Waals surface area contributed by atoms with Gasteiger partial charge in [-0.2, -0.15) is 0 Å². The number of para-hydroxylation sites is 1. The van der Waals surface area contributed by atoms with Gasteiger partial charge in [-0.05, 0) is 0 Å². The molecule has 1 saturated heterocycles. The smallest absolute Gasteiger partial charge is 0.273 e. The summed E-state index contributed by atoms with van der Waals surface area (Å²) in [5.74, 6) is -0.138. The first kappa shape index (κ1) is 17.4. The van der Waals surface area contributed by atoms with E-state index in [1.807, 2.05) is 0 Å². The van der Waals surface area contributed by atoms with Crippen LogP contribution in [0.1, 0.15) is 5.56 Å². The van der Waals surface area contributed by atoms with Crippen molar-refractivity contribution < 1.29 is 14.5 Å². The Hall–Kier alpha value is -1.70. The van der Waals surface area contributed by atoms with Gasteiger partial charge in [-0.1, -0.05) is 18.2 Å². The summed E-state index contributed by atoms with van der Waals surface area (Å²) in [6, 6.07) is 6.30. The molecule has 0 aliphatic carbocycles. The second-order valence-electron chi connectivity index (χ2n) is 4.63. The third-order valence-electron chi connectivity index (χ3n) is 3.28. The number of carbonyl (C=O) groups excluding carboxylic acids is 1. The summed E-state index contributed by atoms with van der Waals surface area (Å²) < 4.78 is 5.39. The van der Waals surface area contributed by atoms with Crippen molar-refractivity contribution in [3.8, 4) is 0 Å². The average molecular weight is 316 g/mol. The Balaban J connectivity index is 0.00000220. The number of morpholine rings is 1. The second kappa shape index (κ2) is 7.92. The lowest BCUT2D eigenvalue weighted by Crippen LogP contribution is -2.48. The van der Waals surface area contributed by atoms with Crippen LogP contribution in [0, 0.1) is 10.1 Å². The van der Waals surface area contributed by atoms with E-state index >= 15 is 0 Å². The summed E-state index contributed by atoms with van der Waals surface area (Å²) in [5.41, 5.74) is 5.94. The minimum Gasteiger partial charge on any atom is -0.373 e. The number of benzene rings is 1. The quantitative estimate of drug-likeness (QED) is 0.653. The number of amides is 1. The summed E-state index contributed by atoms with van der Waals surface area (Å²) in [6.45, 7) is 1.74. The highest BCUT2D eigenvalue weighted by molar-refractivity contribution is 5.85. The molecule has 0 aromatic heterocycles. The minimum atomic E-state index is -0.468. The van der Waals surface area contributed by atoms with Gasteiger partial charge in [0.25, 0.3) is 5.69 Å². The lowest BCUT2D eigenvalue weighted by molar-refractivity contribution is -0.385. The molecule has 1 heterocycles. The Kier molecular flexibility index (Phi) is 6.54. The van der Waals surface area contributed by atoms with Crippen LogP contribution in [0.4, 0.5) is 5.69 Å². The van der Waals surface area contributed by atoms with Crippen molar-refractivity contribution >= 4 is 24.0 Å². The van der Waals surface area contributed by atoms with Gasteiger partial charge < -0.3 is 15.4 Å². The topological polar surface area (TPSA) is 98.7 Å². The zero-order valence-electron chi connectivity index (χ0n) is 11.4. The largest absolute Gasteiger partial charge is 0.373 e. The van der Waals surface area contributed by atoms with Crippen molar-refractivity contribution in [3.05, 3.63) is 39.9 Å². The number of nitrogens with zero attached hydrogens (tertiary/aromatic N) is 2. The molecule has 1 aromatic carbocycles. The zero-order valence-corrected chi connectivity index (χ0v) is 12.3. The first-order valence-electron chi connectivity index (χ1n) is 6.43. The molecule has 1 atom stereocenters. The normalized spacial score (nSPS) is 18.0. The highest BCUT2D eigenvalue weighted by Crippen LogP contribution is 2.19. The van der Waals surface area contributed by atoms with Crippen molar-refractivity contribution in [2.24, 2.45) is 5.73 Å². The van der Waals surface area contributed by atoms with E-state index < -0.39 is 4.92 Å². The molecule has 8 heteroatoms. The highest BCUT2D eigenvalue weighted by atomic mass is 35.5. The van der Waals surface area contributed by atoms with Crippen molar-refractivity contribution in [1.29, 1.82) is 0 Å². The Morgan fingerprint density at radius 3 is 2.86 bits per heavy atom. The maximum atomic E-state index is 12.2. The Labute approximate surface area is 128 Å². The standard InChI is InChI=1S/C13H17N3O4.ClH/c14-8-11-9-15(5-6-20-11)13(17)7-10-3-1-2-4-12(10)16(18)19;/h1-4,11H,5-9,14H2;1H. The Morgan fingerprint density at radius 1 is 1.48 bits per heavy atom. The fourth-order valence-electron chi connectivity index (χ4n) is 2.20. The van der Waals surface area contributed by atoms with Crippen molar-refractivity contribution in [3.63, 3.8) is 0 Å². The molecule has 21 heavy (non-hydrogen) atoms. The van der Waals surface area contributed by atoms with Crippen LogP contribution < -0.4 is 5.73 Å². The Morgan fingerprint density at radius 2 is 2.19 bits per heavy atom. The predicted octanol–water partition coefficient (Wildman–Crippen LogP) is 0.745.